The van der Waals surface area contributed by atoms with Gasteiger partial charge in [0.15, 0.2) is 22.8 Å². The van der Waals surface area contributed by atoms with E-state index in [0.29, 0.717) is 12.2 Å². The van der Waals surface area contributed by atoms with E-state index in [-0.39, 0.29) is 41.6 Å². The van der Waals surface area contributed by atoms with Gasteiger partial charge in [-0.15, -0.1) is 0 Å². The molecule has 2 aromatic rings. The number of carbonyl (C=O) groups excluding carboxylic acids is 3. The number of carbonyl (C=O) groups is 3. The first-order chi connectivity index (χ1) is 40.6. The largest absolute Gasteiger partial charge is 0.790 e. The number of phosphoric acid groups is 3. The van der Waals surface area contributed by atoms with Gasteiger partial charge < -0.3 is 69.0 Å². The SMILES string of the molecule is CC/C=C\C/C=C\C/C=C\C/C=C\C/C=C\CCCCCCCCCCCCCCCCCCCC(=O)SCCNC(=O)CCNC(=O)[C@H](O)C(C)(C)COP(=O)([O-])OP(=O)([O-])OC[C@H]1O[C@@H](n2cnc3c(N)ncnc32)[C@H](O)[C@@H]1OP(=O)([O-])[O-]. The summed E-state index contributed by atoms with van der Waals surface area (Å²) in [5, 5.41) is 26.6. The van der Waals surface area contributed by atoms with E-state index in [1.807, 2.05) is 0 Å². The minimum atomic E-state index is -5.93. The monoisotopic (exact) mass is 1270 g/mol. The number of nitrogens with one attached hydrogen (secondary N) is 2. The van der Waals surface area contributed by atoms with E-state index in [9.17, 15) is 57.9 Å². The number of nitrogen functional groups attached to an aromatic ring is 1. The van der Waals surface area contributed by atoms with Gasteiger partial charge in [0.05, 0.1) is 27.4 Å². The number of hydrogen-bond donors (Lipinski definition) is 5. The van der Waals surface area contributed by atoms with Gasteiger partial charge in [0.1, 0.15) is 36.3 Å². The number of fused-ring (bicyclic) bond motifs is 1. The quantitative estimate of drug-likeness (QED) is 0.0236. The number of hydrogen-bond acceptors (Lipinski definition) is 22. The van der Waals surface area contributed by atoms with Crippen LogP contribution in [0, 0.1) is 5.41 Å². The van der Waals surface area contributed by atoms with Crippen LogP contribution < -0.4 is 35.9 Å². The molecule has 0 aromatic carbocycles. The number of nitrogens with zero attached hydrogens (tertiary/aromatic N) is 4. The minimum Gasteiger partial charge on any atom is -0.790 e. The maximum atomic E-state index is 12.7. The molecule has 6 N–H and O–H groups in total. The maximum absolute atomic E-state index is 12.7. The Balaban J connectivity index is 1.13. The number of rotatable bonds is 48. The second-order valence-corrected chi connectivity index (χ2v) is 26.7. The summed E-state index contributed by atoms with van der Waals surface area (Å²) in [6.07, 6.45) is 42.9. The van der Waals surface area contributed by atoms with Crippen molar-refractivity contribution in [2.24, 2.45) is 5.41 Å². The van der Waals surface area contributed by atoms with Crippen molar-refractivity contribution >= 4 is 69.1 Å². The van der Waals surface area contributed by atoms with Crippen LogP contribution in [0.3, 0.4) is 0 Å². The van der Waals surface area contributed by atoms with Gasteiger partial charge in [0.25, 0.3) is 15.6 Å². The van der Waals surface area contributed by atoms with E-state index in [4.69, 9.17) is 10.5 Å². The molecule has 0 radical (unpaired) electrons. The third-order valence-corrected chi connectivity index (χ3v) is 17.6. The van der Waals surface area contributed by atoms with Crippen LogP contribution in [0.1, 0.15) is 188 Å². The summed E-state index contributed by atoms with van der Waals surface area (Å²) < 4.78 is 61.0. The third-order valence-electron chi connectivity index (χ3n) is 13.6. The first-order valence-corrected chi connectivity index (χ1v) is 35.1. The molecule has 0 bridgehead atoms. The Morgan fingerprint density at radius 3 is 1.80 bits per heavy atom. The molecule has 2 aromatic heterocycles. The first kappa shape index (κ1) is 75.5. The molecule has 3 heterocycles. The molecule has 1 saturated heterocycles. The molecule has 1 aliphatic heterocycles. The van der Waals surface area contributed by atoms with Gasteiger partial charge in [-0.2, -0.15) is 0 Å². The van der Waals surface area contributed by atoms with E-state index in [0.717, 1.165) is 80.4 Å². The second kappa shape index (κ2) is 42.2. The highest BCUT2D eigenvalue weighted by molar-refractivity contribution is 8.13. The highest BCUT2D eigenvalue weighted by atomic mass is 32.2. The molecule has 24 nitrogen and oxygen atoms in total. The average molecular weight is 1270 g/mol. The fraction of sp³-hybridized carbons (Fsp3) is 0.684. The number of nitrogens with two attached hydrogens (primary N) is 1. The third kappa shape index (κ3) is 33.4. The molecular weight excluding hydrogens is 1180 g/mol. The number of ether oxygens (including phenoxy) is 1. The Morgan fingerprint density at radius 1 is 0.729 bits per heavy atom. The van der Waals surface area contributed by atoms with Gasteiger partial charge in [0, 0.05) is 37.1 Å². The van der Waals surface area contributed by atoms with Crippen molar-refractivity contribution in [3.63, 3.8) is 0 Å². The number of amides is 2. The van der Waals surface area contributed by atoms with Gasteiger partial charge in [-0.3, -0.25) is 28.1 Å². The van der Waals surface area contributed by atoms with E-state index >= 15 is 0 Å². The van der Waals surface area contributed by atoms with Gasteiger partial charge >= 0.3 is 0 Å². The molecule has 3 rings (SSSR count). The van der Waals surface area contributed by atoms with Crippen molar-refractivity contribution in [2.45, 2.75) is 212 Å². The highest BCUT2D eigenvalue weighted by Gasteiger charge is 2.47. The predicted octanol–water partition coefficient (Wildman–Crippen LogP) is 8.30. The van der Waals surface area contributed by atoms with Crippen molar-refractivity contribution in [3.05, 3.63) is 73.4 Å². The van der Waals surface area contributed by atoms with Gasteiger partial charge in [-0.25, -0.2) is 19.3 Å². The first-order valence-electron chi connectivity index (χ1n) is 29.8. The topological polar surface area (TPSA) is 375 Å². The lowest BCUT2D eigenvalue weighted by Crippen LogP contribution is -2.46. The number of anilines is 1. The number of aliphatic hydroxyl groups is 2. The summed E-state index contributed by atoms with van der Waals surface area (Å²) in [7, 11) is -17.6. The zero-order chi connectivity index (χ0) is 62.4. The molecule has 0 saturated carbocycles. The summed E-state index contributed by atoms with van der Waals surface area (Å²) in [6, 6.07) is 0. The summed E-state index contributed by atoms with van der Waals surface area (Å²) in [5.41, 5.74) is 4.10. The average Bonchev–Trinajstić information content (AvgIpc) is 2.05. The van der Waals surface area contributed by atoms with Crippen LogP contribution in [0.5, 0.6) is 0 Å². The number of thioether (sulfide) groups is 1. The standard InChI is InChI=1S/C57H96N7O17P3S/c1-4-5-6-7-8-9-10-11-12-13-14-15-16-17-18-19-20-21-22-23-24-25-26-27-28-29-30-31-32-33-34-35-36-37-48(66)85-41-40-59-47(65)38-39-60-55(69)52(68)57(2,3)43-78-84(75,76)81-83(73,74)77-42-46-51(80-82(70,71)72)50(67)56(79-46)64-45-63-49-53(58)61-44-62-54(49)64/h5-6,8-9,11-12,14-15,17-18,44-46,50-52,56,67-68H,4,7,10,13,16,19-43H2,1-3H3,(H,59,65)(H,60,69)(H,73,74)(H,75,76)(H2,58,61,62)(H2,70,71,72)/p-4/b6-5-,9-8-,12-11-,15-14-,18-17-/t46-,50-,51-,52+,56-/m1/s1. The van der Waals surface area contributed by atoms with Crippen molar-refractivity contribution in [1.29, 1.82) is 0 Å². The van der Waals surface area contributed by atoms with E-state index in [1.165, 1.54) is 110 Å². The molecule has 0 aliphatic carbocycles. The molecule has 1 fully saturated rings. The second-order valence-electron chi connectivity index (χ2n) is 21.5. The Morgan fingerprint density at radius 2 is 1.25 bits per heavy atom. The molecule has 7 atom stereocenters. The van der Waals surface area contributed by atoms with E-state index in [2.05, 4.69) is 111 Å². The lowest BCUT2D eigenvalue weighted by Gasteiger charge is -2.36. The number of imidazole rings is 1. The fourth-order valence-corrected chi connectivity index (χ4v) is 12.4. The normalized spacial score (nSPS) is 18.8. The van der Waals surface area contributed by atoms with Crippen LogP contribution in [0.2, 0.25) is 0 Å². The molecule has 2 unspecified atom stereocenters. The van der Waals surface area contributed by atoms with E-state index in [1.54, 1.807) is 0 Å². The number of aromatic nitrogens is 4. The molecule has 1 aliphatic rings. The predicted molar refractivity (Wildman–Crippen MR) is 320 cm³/mol. The van der Waals surface area contributed by atoms with Crippen molar-refractivity contribution < 1.29 is 80.5 Å². The number of allylic oxidation sites excluding steroid dienone is 10. The fourth-order valence-electron chi connectivity index (χ4n) is 8.90. The van der Waals surface area contributed by atoms with Crippen molar-refractivity contribution in [2.75, 3.05) is 37.8 Å². The van der Waals surface area contributed by atoms with Gasteiger partial charge in [-0.05, 0) is 51.4 Å². The Kier molecular flexibility index (Phi) is 37.5. The Hall–Kier alpha value is -3.74. The van der Waals surface area contributed by atoms with E-state index < -0.39 is 84.6 Å². The Labute approximate surface area is 506 Å². The molecule has 482 valence electrons. The molecule has 28 heteroatoms. The summed E-state index contributed by atoms with van der Waals surface area (Å²) in [5.74, 6) is -1.13. The van der Waals surface area contributed by atoms with Crippen LogP contribution >= 0.6 is 35.2 Å². The minimum absolute atomic E-state index is 0.0185. The van der Waals surface area contributed by atoms with Crippen molar-refractivity contribution in [1.82, 2.24) is 30.2 Å². The number of unbranched alkanes of at least 4 members (excludes halogenated alkanes) is 17. The summed E-state index contributed by atoms with van der Waals surface area (Å²) in [4.78, 5) is 97.3. The van der Waals surface area contributed by atoms with Crippen LogP contribution in [0.4, 0.5) is 5.82 Å². The van der Waals surface area contributed by atoms with Gasteiger partial charge in [-0.1, -0.05) is 190 Å². The van der Waals surface area contributed by atoms with Crippen molar-refractivity contribution in [3.8, 4) is 0 Å². The molecule has 0 spiro atoms. The zero-order valence-corrected chi connectivity index (χ0v) is 53.2. The van der Waals surface area contributed by atoms with Crippen LogP contribution in [-0.2, 0) is 50.7 Å². The van der Waals surface area contributed by atoms with Crippen LogP contribution in [0.25, 0.3) is 11.2 Å². The summed E-state index contributed by atoms with van der Waals surface area (Å²) in [6.45, 7) is 2.33. The summed E-state index contributed by atoms with van der Waals surface area (Å²) >= 11 is 1.15. The lowest BCUT2D eigenvalue weighted by atomic mass is 9.87. The Bertz CT molecular complexity index is 2560. The maximum Gasteiger partial charge on any atom is 0.274 e. The zero-order valence-electron chi connectivity index (χ0n) is 49.7. The van der Waals surface area contributed by atoms with Gasteiger partial charge in [0.2, 0.25) is 11.8 Å². The number of phosphoric ester groups is 3. The lowest BCUT2D eigenvalue weighted by molar-refractivity contribution is -0.347. The molecule has 85 heavy (non-hydrogen) atoms. The van der Waals surface area contributed by atoms with Crippen LogP contribution in [0.15, 0.2) is 73.4 Å². The molecule has 2 amide bonds. The van der Waals surface area contributed by atoms with Crippen LogP contribution in [-0.4, -0.2) is 103 Å². The molecular formula is C57H92N7O17P3S-4. The highest BCUT2D eigenvalue weighted by Crippen LogP contribution is 2.56. The smallest absolute Gasteiger partial charge is 0.274 e. The number of aliphatic hydroxyl groups excluding tert-OH is 2.